The summed E-state index contributed by atoms with van der Waals surface area (Å²) < 4.78 is 10.9. The van der Waals surface area contributed by atoms with Gasteiger partial charge < -0.3 is 24.8 Å². The quantitative estimate of drug-likeness (QED) is 0.486. The lowest BCUT2D eigenvalue weighted by Crippen LogP contribution is -2.11. The van der Waals surface area contributed by atoms with E-state index in [4.69, 9.17) is 9.47 Å². The Morgan fingerprint density at radius 2 is 2.07 bits per heavy atom. The SMILES string of the molecule is CCNCc1ccnc2[nH]c(-c3c[nH]c4c(C)c(OC)c(OC)nc34)cc12. The number of hydrogen-bond acceptors (Lipinski definition) is 5. The Kier molecular flexibility index (Phi) is 4.45. The molecule has 0 saturated heterocycles. The van der Waals surface area contributed by atoms with Crippen LogP contribution >= 0.6 is 0 Å². The van der Waals surface area contributed by atoms with E-state index >= 15 is 0 Å². The van der Waals surface area contributed by atoms with Gasteiger partial charge in [0.15, 0.2) is 5.75 Å². The Hall–Kier alpha value is -3.06. The molecule has 0 radical (unpaired) electrons. The van der Waals surface area contributed by atoms with E-state index in [2.05, 4.69) is 38.2 Å². The molecule has 3 N–H and O–H groups in total. The zero-order valence-corrected chi connectivity index (χ0v) is 15.9. The molecular formula is C20H23N5O2. The monoisotopic (exact) mass is 365 g/mol. The molecule has 0 fully saturated rings. The number of nitrogens with one attached hydrogen (secondary N) is 3. The van der Waals surface area contributed by atoms with Gasteiger partial charge in [-0.1, -0.05) is 6.92 Å². The van der Waals surface area contributed by atoms with Gasteiger partial charge in [-0.3, -0.25) is 0 Å². The molecule has 4 aromatic heterocycles. The maximum Gasteiger partial charge on any atom is 0.257 e. The molecule has 0 aromatic carbocycles. The third-order valence-electron chi connectivity index (χ3n) is 4.85. The van der Waals surface area contributed by atoms with Crippen molar-refractivity contribution in [2.75, 3.05) is 20.8 Å². The molecule has 140 valence electrons. The van der Waals surface area contributed by atoms with E-state index in [-0.39, 0.29) is 0 Å². The molecule has 7 nitrogen and oxygen atoms in total. The number of aryl methyl sites for hydroxylation is 1. The first kappa shape index (κ1) is 17.4. The Balaban J connectivity index is 1.88. The molecule has 0 amide bonds. The van der Waals surface area contributed by atoms with Crippen LogP contribution in [-0.2, 0) is 6.54 Å². The van der Waals surface area contributed by atoms with E-state index < -0.39 is 0 Å². The summed E-state index contributed by atoms with van der Waals surface area (Å²) in [4.78, 5) is 15.9. The molecule has 0 spiro atoms. The summed E-state index contributed by atoms with van der Waals surface area (Å²) in [6.07, 6.45) is 3.79. The van der Waals surface area contributed by atoms with Crippen LogP contribution < -0.4 is 14.8 Å². The second-order valence-corrected chi connectivity index (χ2v) is 6.40. The molecule has 0 unspecified atom stereocenters. The maximum atomic E-state index is 5.46. The Labute approximate surface area is 157 Å². The lowest BCUT2D eigenvalue weighted by molar-refractivity contribution is 0.343. The van der Waals surface area contributed by atoms with Crippen LogP contribution in [0.15, 0.2) is 24.5 Å². The van der Waals surface area contributed by atoms with Crippen LogP contribution in [0.5, 0.6) is 11.6 Å². The maximum absolute atomic E-state index is 5.46. The fraction of sp³-hybridized carbons (Fsp3) is 0.300. The average Bonchev–Trinajstić information content (AvgIpc) is 3.30. The first-order chi connectivity index (χ1) is 13.2. The van der Waals surface area contributed by atoms with Gasteiger partial charge in [-0.25, -0.2) is 9.97 Å². The minimum atomic E-state index is 0.477. The van der Waals surface area contributed by atoms with E-state index in [0.29, 0.717) is 11.6 Å². The fourth-order valence-electron chi connectivity index (χ4n) is 3.47. The summed E-state index contributed by atoms with van der Waals surface area (Å²) in [5, 5.41) is 4.49. The number of pyridine rings is 2. The molecule has 27 heavy (non-hydrogen) atoms. The van der Waals surface area contributed by atoms with Gasteiger partial charge in [0, 0.05) is 35.5 Å². The Morgan fingerprint density at radius 1 is 1.22 bits per heavy atom. The van der Waals surface area contributed by atoms with Gasteiger partial charge in [-0.2, -0.15) is 0 Å². The lowest BCUT2D eigenvalue weighted by atomic mass is 10.1. The highest BCUT2D eigenvalue weighted by Crippen LogP contribution is 2.38. The molecule has 0 aliphatic carbocycles. The third-order valence-corrected chi connectivity index (χ3v) is 4.85. The van der Waals surface area contributed by atoms with Crippen molar-refractivity contribution in [2.45, 2.75) is 20.4 Å². The summed E-state index contributed by atoms with van der Waals surface area (Å²) in [5.41, 5.74) is 6.76. The smallest absolute Gasteiger partial charge is 0.257 e. The summed E-state index contributed by atoms with van der Waals surface area (Å²) in [5.74, 6) is 1.12. The van der Waals surface area contributed by atoms with Gasteiger partial charge >= 0.3 is 0 Å². The minimum Gasteiger partial charge on any atom is -0.491 e. The molecule has 0 bridgehead atoms. The number of aromatic amines is 2. The van der Waals surface area contributed by atoms with Crippen LogP contribution in [-0.4, -0.2) is 40.7 Å². The third kappa shape index (κ3) is 2.80. The number of methoxy groups -OCH3 is 2. The minimum absolute atomic E-state index is 0.477. The molecule has 0 aliphatic heterocycles. The standard InChI is InChI=1S/C20H23N5O2/c1-5-21-9-12-6-7-22-19-13(12)8-15(24-19)14-10-23-16-11(2)18(26-3)20(27-4)25-17(14)16/h6-8,10,21,23H,5,9H2,1-4H3,(H,22,24). The molecule has 0 aliphatic rings. The largest absolute Gasteiger partial charge is 0.491 e. The number of H-pyrrole nitrogens is 2. The van der Waals surface area contributed by atoms with Crippen LogP contribution in [0.25, 0.3) is 33.3 Å². The number of fused-ring (bicyclic) bond motifs is 2. The molecule has 4 heterocycles. The highest BCUT2D eigenvalue weighted by Gasteiger charge is 2.19. The van der Waals surface area contributed by atoms with Gasteiger partial charge in [0.25, 0.3) is 5.88 Å². The van der Waals surface area contributed by atoms with Gasteiger partial charge in [-0.15, -0.1) is 0 Å². The molecule has 4 aromatic rings. The van der Waals surface area contributed by atoms with Crippen molar-refractivity contribution in [1.29, 1.82) is 0 Å². The van der Waals surface area contributed by atoms with E-state index in [1.165, 1.54) is 5.56 Å². The van der Waals surface area contributed by atoms with Crippen molar-refractivity contribution in [3.8, 4) is 22.9 Å². The zero-order chi connectivity index (χ0) is 19.0. The molecular weight excluding hydrogens is 342 g/mol. The lowest BCUT2D eigenvalue weighted by Gasteiger charge is -2.10. The number of ether oxygens (including phenoxy) is 2. The molecule has 4 rings (SSSR count). The van der Waals surface area contributed by atoms with Gasteiger partial charge in [0.2, 0.25) is 0 Å². The Morgan fingerprint density at radius 3 is 2.81 bits per heavy atom. The topological polar surface area (TPSA) is 87.9 Å². The highest BCUT2D eigenvalue weighted by molar-refractivity contribution is 5.97. The fourth-order valence-corrected chi connectivity index (χ4v) is 3.47. The summed E-state index contributed by atoms with van der Waals surface area (Å²) in [6, 6.07) is 4.18. The van der Waals surface area contributed by atoms with Gasteiger partial charge in [0.1, 0.15) is 11.2 Å². The Bertz CT molecular complexity index is 1110. The van der Waals surface area contributed by atoms with E-state index in [9.17, 15) is 0 Å². The molecule has 7 heteroatoms. The summed E-state index contributed by atoms with van der Waals surface area (Å²) in [6.45, 7) is 5.83. The average molecular weight is 365 g/mol. The number of nitrogens with zero attached hydrogens (tertiary/aromatic N) is 2. The first-order valence-corrected chi connectivity index (χ1v) is 8.95. The normalized spacial score (nSPS) is 11.4. The predicted octanol–water partition coefficient (Wildman–Crippen LogP) is 3.54. The summed E-state index contributed by atoms with van der Waals surface area (Å²) >= 11 is 0. The van der Waals surface area contributed by atoms with E-state index in [1.54, 1.807) is 14.2 Å². The number of hydrogen-bond donors (Lipinski definition) is 3. The number of rotatable bonds is 6. The van der Waals surface area contributed by atoms with Crippen molar-refractivity contribution in [2.24, 2.45) is 0 Å². The van der Waals surface area contributed by atoms with Crippen LogP contribution in [0.1, 0.15) is 18.1 Å². The van der Waals surface area contributed by atoms with Gasteiger partial charge in [-0.05, 0) is 31.2 Å². The second kappa shape index (κ2) is 6.92. The first-order valence-electron chi connectivity index (χ1n) is 8.95. The van der Waals surface area contributed by atoms with E-state index in [1.807, 2.05) is 25.4 Å². The summed E-state index contributed by atoms with van der Waals surface area (Å²) in [7, 11) is 3.22. The zero-order valence-electron chi connectivity index (χ0n) is 15.9. The van der Waals surface area contributed by atoms with Crippen LogP contribution in [0, 0.1) is 6.92 Å². The van der Waals surface area contributed by atoms with Crippen molar-refractivity contribution in [3.63, 3.8) is 0 Å². The molecule has 0 atom stereocenters. The van der Waals surface area contributed by atoms with Crippen LogP contribution in [0.4, 0.5) is 0 Å². The highest BCUT2D eigenvalue weighted by atomic mass is 16.5. The second-order valence-electron chi connectivity index (χ2n) is 6.40. The van der Waals surface area contributed by atoms with Crippen molar-refractivity contribution in [3.05, 3.63) is 35.7 Å². The molecule has 0 saturated carbocycles. The van der Waals surface area contributed by atoms with E-state index in [0.717, 1.165) is 52.0 Å². The van der Waals surface area contributed by atoms with Crippen LogP contribution in [0.2, 0.25) is 0 Å². The predicted molar refractivity (Wildman–Crippen MR) is 106 cm³/mol. The van der Waals surface area contributed by atoms with Crippen LogP contribution in [0.3, 0.4) is 0 Å². The van der Waals surface area contributed by atoms with Crippen molar-refractivity contribution >= 4 is 22.1 Å². The van der Waals surface area contributed by atoms with Crippen molar-refractivity contribution < 1.29 is 9.47 Å². The van der Waals surface area contributed by atoms with Crippen molar-refractivity contribution in [1.82, 2.24) is 25.3 Å². The van der Waals surface area contributed by atoms with Gasteiger partial charge in [0.05, 0.1) is 25.4 Å². The number of aromatic nitrogens is 4.